The molecule has 2 aliphatic heterocycles. The van der Waals surface area contributed by atoms with Crippen LogP contribution in [0.25, 0.3) is 0 Å². The van der Waals surface area contributed by atoms with E-state index < -0.39 is 0 Å². The first-order valence-corrected chi connectivity index (χ1v) is 21.5. The van der Waals surface area contributed by atoms with Crippen LogP contribution in [0.1, 0.15) is 91.0 Å². The van der Waals surface area contributed by atoms with Crippen LogP contribution in [-0.4, -0.2) is 11.9 Å². The number of rotatable bonds is 4. The summed E-state index contributed by atoms with van der Waals surface area (Å²) in [4.78, 5) is 5.44. The fourth-order valence-corrected chi connectivity index (χ4v) is 12.0. The number of benzene rings is 3. The molecule has 7 aliphatic carbocycles. The Morgan fingerprint density at radius 3 is 2.58 bits per heavy atom. The van der Waals surface area contributed by atoms with Crippen molar-refractivity contribution in [3.05, 3.63) is 219 Å². The highest BCUT2D eigenvalue weighted by atomic mass is 16.5. The monoisotopic (exact) mass is 740 g/mol. The summed E-state index contributed by atoms with van der Waals surface area (Å²) in [7, 11) is 0. The van der Waals surface area contributed by atoms with Gasteiger partial charge in [0.15, 0.2) is 0 Å². The highest BCUT2D eigenvalue weighted by molar-refractivity contribution is 6.00. The molecule has 1 spiro atoms. The molecule has 7 unspecified atom stereocenters. The van der Waals surface area contributed by atoms with Crippen molar-refractivity contribution in [2.75, 3.05) is 0 Å². The van der Waals surface area contributed by atoms with Crippen LogP contribution in [0.2, 0.25) is 0 Å². The van der Waals surface area contributed by atoms with Crippen LogP contribution in [0.3, 0.4) is 0 Å². The van der Waals surface area contributed by atoms with Crippen molar-refractivity contribution in [1.82, 2.24) is 5.32 Å². The van der Waals surface area contributed by atoms with Crippen molar-refractivity contribution in [3.8, 4) is 5.75 Å². The lowest BCUT2D eigenvalue weighted by Gasteiger charge is -2.47. The van der Waals surface area contributed by atoms with E-state index in [4.69, 9.17) is 9.73 Å². The molecule has 57 heavy (non-hydrogen) atoms. The first-order valence-electron chi connectivity index (χ1n) is 21.5. The summed E-state index contributed by atoms with van der Waals surface area (Å²) in [6.07, 6.45) is 39.4. The van der Waals surface area contributed by atoms with E-state index in [1.807, 2.05) is 0 Å². The lowest BCUT2D eigenvalue weighted by Crippen LogP contribution is -2.42. The van der Waals surface area contributed by atoms with Gasteiger partial charge in [-0.25, -0.2) is 4.99 Å². The molecule has 0 saturated carbocycles. The van der Waals surface area contributed by atoms with Crippen molar-refractivity contribution in [1.29, 1.82) is 0 Å². The van der Waals surface area contributed by atoms with Gasteiger partial charge in [-0.15, -0.1) is 0 Å². The first-order chi connectivity index (χ1) is 28.2. The molecular weight excluding hydrogens is 693 g/mol. The summed E-state index contributed by atoms with van der Waals surface area (Å²) in [6, 6.07) is 27.8. The first kappa shape index (κ1) is 33.5. The van der Waals surface area contributed by atoms with Gasteiger partial charge >= 0.3 is 0 Å². The summed E-state index contributed by atoms with van der Waals surface area (Å²) in [5.41, 5.74) is 14.9. The molecule has 12 rings (SSSR count). The predicted molar refractivity (Wildman–Crippen MR) is 231 cm³/mol. The van der Waals surface area contributed by atoms with Gasteiger partial charge in [-0.2, -0.15) is 0 Å². The van der Waals surface area contributed by atoms with Gasteiger partial charge in [0, 0.05) is 41.2 Å². The number of nitrogens with zero attached hydrogens (tertiary/aromatic N) is 1. The number of ether oxygens (including phenoxy) is 1. The summed E-state index contributed by atoms with van der Waals surface area (Å²) in [5, 5.41) is 3.93. The molecule has 280 valence electrons. The Bertz CT molecular complexity index is 2560. The third-order valence-corrected chi connectivity index (χ3v) is 14.6. The quantitative estimate of drug-likeness (QED) is 0.270. The molecule has 3 aromatic carbocycles. The van der Waals surface area contributed by atoms with E-state index in [1.54, 1.807) is 0 Å². The Kier molecular flexibility index (Phi) is 7.75. The van der Waals surface area contributed by atoms with Crippen molar-refractivity contribution in [2.24, 2.45) is 22.7 Å². The lowest BCUT2D eigenvalue weighted by atomic mass is 9.58. The second-order valence-corrected chi connectivity index (χ2v) is 17.5. The van der Waals surface area contributed by atoms with Crippen LogP contribution in [0.4, 0.5) is 0 Å². The fourth-order valence-electron chi connectivity index (χ4n) is 12.0. The molecule has 3 heteroatoms. The predicted octanol–water partition coefficient (Wildman–Crippen LogP) is 12.1. The molecule has 0 bridgehead atoms. The van der Waals surface area contributed by atoms with Crippen molar-refractivity contribution in [3.63, 3.8) is 0 Å². The number of para-hydroxylation sites is 1. The van der Waals surface area contributed by atoms with Crippen molar-refractivity contribution < 1.29 is 4.74 Å². The molecule has 7 atom stereocenters. The molecule has 3 nitrogen and oxygen atoms in total. The van der Waals surface area contributed by atoms with Crippen LogP contribution < -0.4 is 10.1 Å². The summed E-state index contributed by atoms with van der Waals surface area (Å²) in [5.74, 6) is 5.21. The van der Waals surface area contributed by atoms with Crippen LogP contribution in [0.15, 0.2) is 196 Å². The van der Waals surface area contributed by atoms with E-state index >= 15 is 0 Å². The lowest BCUT2D eigenvalue weighted by molar-refractivity contribution is 0.289. The zero-order chi connectivity index (χ0) is 37.5. The maximum atomic E-state index is 6.86. The number of nitrogens with one attached hydrogen (secondary N) is 1. The van der Waals surface area contributed by atoms with Gasteiger partial charge in [-0.05, 0) is 114 Å². The van der Waals surface area contributed by atoms with Gasteiger partial charge in [-0.1, -0.05) is 134 Å². The van der Waals surface area contributed by atoms with Gasteiger partial charge < -0.3 is 10.1 Å². The van der Waals surface area contributed by atoms with E-state index in [-0.39, 0.29) is 11.5 Å². The molecule has 0 amide bonds. The molecule has 2 heterocycles. The zero-order valence-corrected chi connectivity index (χ0v) is 32.4. The highest BCUT2D eigenvalue weighted by Crippen LogP contribution is 2.65. The average molecular weight is 741 g/mol. The summed E-state index contributed by atoms with van der Waals surface area (Å²) < 4.78 is 6.86. The third-order valence-electron chi connectivity index (χ3n) is 14.6. The largest absolute Gasteiger partial charge is 0.461 e. The van der Waals surface area contributed by atoms with E-state index in [2.05, 4.69) is 157 Å². The molecule has 9 aliphatic rings. The van der Waals surface area contributed by atoms with Crippen molar-refractivity contribution >= 4 is 5.84 Å². The van der Waals surface area contributed by atoms with Crippen LogP contribution in [0, 0.1) is 17.8 Å². The number of aliphatic imine (C=N–C) groups is 1. The molecule has 0 fully saturated rings. The van der Waals surface area contributed by atoms with Crippen molar-refractivity contribution in [2.45, 2.75) is 74.7 Å². The number of allylic oxidation sites excluding steroid dienone is 17. The smallest absolute Gasteiger partial charge is 0.134 e. The Morgan fingerprint density at radius 2 is 1.67 bits per heavy atom. The van der Waals surface area contributed by atoms with Gasteiger partial charge in [0.25, 0.3) is 0 Å². The topological polar surface area (TPSA) is 33.6 Å². The third kappa shape index (κ3) is 5.20. The molecule has 0 saturated heterocycles. The molecule has 0 aromatic heterocycles. The maximum Gasteiger partial charge on any atom is 0.134 e. The van der Waals surface area contributed by atoms with Crippen LogP contribution in [-0.2, 0) is 5.41 Å². The van der Waals surface area contributed by atoms with E-state index in [0.717, 1.165) is 49.4 Å². The zero-order valence-electron chi connectivity index (χ0n) is 32.4. The minimum absolute atomic E-state index is 0.218. The molecule has 1 N–H and O–H groups in total. The second-order valence-electron chi connectivity index (χ2n) is 17.5. The Hall–Kier alpha value is -5.67. The number of hydrogen-bond acceptors (Lipinski definition) is 3. The minimum atomic E-state index is -0.235. The van der Waals surface area contributed by atoms with Gasteiger partial charge in [0.1, 0.15) is 17.3 Å². The van der Waals surface area contributed by atoms with Gasteiger partial charge in [0.2, 0.25) is 0 Å². The maximum absolute atomic E-state index is 6.86. The Balaban J connectivity index is 0.887. The normalized spacial score (nSPS) is 31.2. The average Bonchev–Trinajstić information content (AvgIpc) is 3.57. The van der Waals surface area contributed by atoms with Crippen LogP contribution in [0.5, 0.6) is 5.75 Å². The van der Waals surface area contributed by atoms with E-state index in [0.29, 0.717) is 29.6 Å². The van der Waals surface area contributed by atoms with Gasteiger partial charge in [0.05, 0.1) is 17.2 Å². The number of hydrogen-bond donors (Lipinski definition) is 1. The SMILES string of the molecule is C1=CC2CC(C3=CC(C4C=CCCC4)NC(c4ccc(C5CCC6=C(C5)C5(c7ccccc7O6)c6ccccc6C6C=CC=CC65)cc4)=N3)=CC3=C2C(=C1)CC=C3. The molecular formula is C54H48N2O. The van der Waals surface area contributed by atoms with E-state index in [1.165, 1.54) is 80.7 Å². The number of amidine groups is 1. The number of fused-ring (bicyclic) bond motifs is 8. The molecule has 0 radical (unpaired) electrons. The Morgan fingerprint density at radius 1 is 0.789 bits per heavy atom. The fraction of sp³-hybridized carbons (Fsp3) is 0.278. The highest BCUT2D eigenvalue weighted by Gasteiger charge is 2.58. The second kappa shape index (κ2) is 13.2. The summed E-state index contributed by atoms with van der Waals surface area (Å²) >= 11 is 0. The minimum Gasteiger partial charge on any atom is -0.461 e. The Labute approximate surface area is 336 Å². The van der Waals surface area contributed by atoms with Gasteiger partial charge in [-0.3, -0.25) is 0 Å². The summed E-state index contributed by atoms with van der Waals surface area (Å²) in [6.45, 7) is 0. The molecule has 3 aromatic rings. The van der Waals surface area contributed by atoms with Crippen LogP contribution >= 0.6 is 0 Å². The standard InChI is InChI=1S/C54H48N2O/c1-2-12-35(13-3-1)48-33-49(41-30-39-16-10-14-36-15-11-17-40(31-41)52(36)39)56-53(55-48)37-26-24-34(25-27-37)38-28-29-51-47(32-38)54(46-22-8-9-23-50(46)57-51)44-20-6-4-18-42(44)43-19-5-7-21-45(43)54/h2,4-12,14,16-27,31,33,35,38-39,42,44,48H,1,3,13,15,28-30,32H2,(H,55,56). The van der Waals surface area contributed by atoms with E-state index in [9.17, 15) is 0 Å².